The Morgan fingerprint density at radius 3 is 2.06 bits per heavy atom. The maximum Gasteiger partial charge on any atom is 0.131 e. The second-order valence-electron chi connectivity index (χ2n) is 3.56. The number of rotatable bonds is 3. The van der Waals surface area contributed by atoms with Crippen molar-refractivity contribution in [3.8, 4) is 17.2 Å². The van der Waals surface area contributed by atoms with Gasteiger partial charge in [-0.2, -0.15) is 0 Å². The van der Waals surface area contributed by atoms with E-state index in [-0.39, 0.29) is 24.2 Å². The lowest BCUT2D eigenvalue weighted by Gasteiger charge is -2.30. The molecule has 0 aromatic heterocycles. The van der Waals surface area contributed by atoms with Crippen LogP contribution in [-0.4, -0.2) is 25.9 Å². The van der Waals surface area contributed by atoms with Crippen LogP contribution < -0.4 is 14.8 Å². The predicted octanol–water partition coefficient (Wildman–Crippen LogP) is 1.87. The van der Waals surface area contributed by atoms with Crippen LogP contribution in [0, 0.1) is 0 Å². The van der Waals surface area contributed by atoms with Gasteiger partial charge < -0.3 is 19.9 Å². The van der Waals surface area contributed by atoms with Crippen molar-refractivity contribution in [1.29, 1.82) is 0 Å². The molecule has 0 unspecified atom stereocenters. The molecule has 1 saturated heterocycles. The second kappa shape index (κ2) is 5.27. The van der Waals surface area contributed by atoms with E-state index in [4.69, 9.17) is 9.47 Å². The summed E-state index contributed by atoms with van der Waals surface area (Å²) in [6.07, 6.45) is 1.07. The highest BCUT2D eigenvalue weighted by molar-refractivity contribution is 5.85. The largest absolute Gasteiger partial charge is 0.508 e. The van der Waals surface area contributed by atoms with E-state index in [0.717, 1.165) is 18.5 Å². The Morgan fingerprint density at radius 1 is 1.25 bits per heavy atom. The number of hydrogen-bond donors (Lipinski definition) is 2. The summed E-state index contributed by atoms with van der Waals surface area (Å²) in [5, 5.41) is 12.8. The number of nitrogens with one attached hydrogen (secondary N) is 1. The van der Waals surface area contributed by atoms with Gasteiger partial charge in [0.05, 0.1) is 19.8 Å². The summed E-state index contributed by atoms with van der Waals surface area (Å²) in [6.45, 7) is 1.01. The first kappa shape index (κ1) is 12.9. The van der Waals surface area contributed by atoms with E-state index >= 15 is 0 Å². The SMILES string of the molecule is COc1cc(O)cc(OC)c1[C@H]1CCN1.Cl. The van der Waals surface area contributed by atoms with Crippen molar-refractivity contribution < 1.29 is 14.6 Å². The first-order chi connectivity index (χ1) is 7.26. The van der Waals surface area contributed by atoms with Gasteiger partial charge in [0.15, 0.2) is 0 Å². The van der Waals surface area contributed by atoms with Crippen molar-refractivity contribution >= 4 is 12.4 Å². The third kappa shape index (κ3) is 2.18. The van der Waals surface area contributed by atoms with Crippen LogP contribution in [0.2, 0.25) is 0 Å². The number of hydrogen-bond acceptors (Lipinski definition) is 4. The Labute approximate surface area is 101 Å². The molecule has 0 saturated carbocycles. The van der Waals surface area contributed by atoms with Crippen molar-refractivity contribution in [2.45, 2.75) is 12.5 Å². The Hall–Kier alpha value is -1.13. The molecule has 1 atom stereocenters. The molecule has 1 aliphatic heterocycles. The maximum absolute atomic E-state index is 9.47. The van der Waals surface area contributed by atoms with Gasteiger partial charge in [-0.15, -0.1) is 12.4 Å². The highest BCUT2D eigenvalue weighted by Gasteiger charge is 2.26. The highest BCUT2D eigenvalue weighted by Crippen LogP contribution is 2.40. The number of phenolic OH excluding ortho intramolecular Hbond substituents is 1. The fourth-order valence-electron chi connectivity index (χ4n) is 1.80. The summed E-state index contributed by atoms with van der Waals surface area (Å²) >= 11 is 0. The lowest BCUT2D eigenvalue weighted by Crippen LogP contribution is -2.35. The summed E-state index contributed by atoms with van der Waals surface area (Å²) in [6, 6.07) is 3.49. The molecule has 0 spiro atoms. The van der Waals surface area contributed by atoms with Crippen LogP contribution in [-0.2, 0) is 0 Å². The molecule has 1 heterocycles. The quantitative estimate of drug-likeness (QED) is 0.854. The third-order valence-electron chi connectivity index (χ3n) is 2.70. The van der Waals surface area contributed by atoms with Crippen LogP contribution in [0.25, 0.3) is 0 Å². The Kier molecular flexibility index (Phi) is 4.26. The zero-order chi connectivity index (χ0) is 10.8. The lowest BCUT2D eigenvalue weighted by atomic mass is 9.96. The van der Waals surface area contributed by atoms with Crippen molar-refractivity contribution in [3.05, 3.63) is 17.7 Å². The molecule has 90 valence electrons. The number of ether oxygens (including phenoxy) is 2. The zero-order valence-corrected chi connectivity index (χ0v) is 10.1. The second-order valence-corrected chi connectivity index (χ2v) is 3.56. The minimum absolute atomic E-state index is 0. The van der Waals surface area contributed by atoms with Gasteiger partial charge in [0, 0.05) is 18.2 Å². The Bertz CT molecular complexity index is 341. The van der Waals surface area contributed by atoms with Crippen LogP contribution >= 0.6 is 12.4 Å². The van der Waals surface area contributed by atoms with Gasteiger partial charge in [0.2, 0.25) is 0 Å². The summed E-state index contributed by atoms with van der Waals surface area (Å²) in [4.78, 5) is 0. The van der Waals surface area contributed by atoms with E-state index in [1.54, 1.807) is 26.4 Å². The molecular weight excluding hydrogens is 230 g/mol. The fourth-order valence-corrected chi connectivity index (χ4v) is 1.80. The van der Waals surface area contributed by atoms with Crippen LogP contribution in [0.4, 0.5) is 0 Å². The van der Waals surface area contributed by atoms with Crippen LogP contribution in [0.5, 0.6) is 17.2 Å². The smallest absolute Gasteiger partial charge is 0.131 e. The Morgan fingerprint density at radius 2 is 1.75 bits per heavy atom. The molecule has 2 N–H and O–H groups in total. The molecule has 0 bridgehead atoms. The lowest BCUT2D eigenvalue weighted by molar-refractivity contribution is 0.327. The van der Waals surface area contributed by atoms with Gasteiger partial charge in [-0.3, -0.25) is 0 Å². The normalized spacial score (nSPS) is 18.2. The minimum Gasteiger partial charge on any atom is -0.508 e. The van der Waals surface area contributed by atoms with Gasteiger partial charge in [-0.05, 0) is 13.0 Å². The van der Waals surface area contributed by atoms with Crippen molar-refractivity contribution in [2.75, 3.05) is 20.8 Å². The fraction of sp³-hybridized carbons (Fsp3) is 0.455. The average Bonchev–Trinajstić information content (AvgIpc) is 2.17. The molecule has 5 heteroatoms. The molecule has 1 aromatic rings. The number of methoxy groups -OCH3 is 2. The van der Waals surface area contributed by atoms with E-state index in [1.807, 2.05) is 0 Å². The maximum atomic E-state index is 9.47. The van der Waals surface area contributed by atoms with Crippen molar-refractivity contribution in [3.63, 3.8) is 0 Å². The van der Waals surface area contributed by atoms with Crippen LogP contribution in [0.1, 0.15) is 18.0 Å². The van der Waals surface area contributed by atoms with Crippen LogP contribution in [0.3, 0.4) is 0 Å². The molecule has 0 aliphatic carbocycles. The van der Waals surface area contributed by atoms with Gasteiger partial charge in [0.1, 0.15) is 17.2 Å². The molecule has 2 rings (SSSR count). The molecule has 4 nitrogen and oxygen atoms in total. The zero-order valence-electron chi connectivity index (χ0n) is 9.32. The van der Waals surface area contributed by atoms with Crippen molar-refractivity contribution in [2.24, 2.45) is 0 Å². The Balaban J connectivity index is 0.00000128. The van der Waals surface area contributed by atoms with Gasteiger partial charge in [-0.1, -0.05) is 0 Å². The molecular formula is C11H16ClNO3. The first-order valence-electron chi connectivity index (χ1n) is 4.94. The van der Waals surface area contributed by atoms with Gasteiger partial charge in [-0.25, -0.2) is 0 Å². The van der Waals surface area contributed by atoms with Gasteiger partial charge >= 0.3 is 0 Å². The third-order valence-corrected chi connectivity index (χ3v) is 2.70. The molecule has 1 fully saturated rings. The standard InChI is InChI=1S/C11H15NO3.ClH/c1-14-9-5-7(13)6-10(15-2)11(9)8-3-4-12-8;/h5-6,8,12-13H,3-4H2,1-2H3;1H/t8-;/m1./s1. The molecule has 0 radical (unpaired) electrons. The number of aromatic hydroxyl groups is 1. The molecule has 0 amide bonds. The molecule has 16 heavy (non-hydrogen) atoms. The number of benzene rings is 1. The monoisotopic (exact) mass is 245 g/mol. The molecule has 1 aliphatic rings. The topological polar surface area (TPSA) is 50.7 Å². The summed E-state index contributed by atoms with van der Waals surface area (Å²) in [5.74, 6) is 1.50. The summed E-state index contributed by atoms with van der Waals surface area (Å²) < 4.78 is 10.5. The number of halogens is 1. The van der Waals surface area contributed by atoms with Crippen LogP contribution in [0.15, 0.2) is 12.1 Å². The molecule has 1 aromatic carbocycles. The van der Waals surface area contributed by atoms with E-state index in [9.17, 15) is 5.11 Å². The summed E-state index contributed by atoms with van der Waals surface area (Å²) in [5.41, 5.74) is 0.990. The van der Waals surface area contributed by atoms with E-state index in [2.05, 4.69) is 5.32 Å². The van der Waals surface area contributed by atoms with E-state index in [0.29, 0.717) is 11.5 Å². The minimum atomic E-state index is 0. The highest BCUT2D eigenvalue weighted by atomic mass is 35.5. The average molecular weight is 246 g/mol. The first-order valence-corrected chi connectivity index (χ1v) is 4.94. The number of phenols is 1. The summed E-state index contributed by atoms with van der Waals surface area (Å²) in [7, 11) is 3.19. The van der Waals surface area contributed by atoms with Crippen molar-refractivity contribution in [1.82, 2.24) is 5.32 Å². The van der Waals surface area contributed by atoms with E-state index in [1.165, 1.54) is 0 Å². The van der Waals surface area contributed by atoms with E-state index < -0.39 is 0 Å². The van der Waals surface area contributed by atoms with Gasteiger partial charge in [0.25, 0.3) is 0 Å². The predicted molar refractivity (Wildman–Crippen MR) is 63.8 cm³/mol.